The van der Waals surface area contributed by atoms with E-state index in [1.54, 1.807) is 24.5 Å². The maximum atomic E-state index is 12.4. The van der Waals surface area contributed by atoms with Crippen LogP contribution in [-0.4, -0.2) is 10.9 Å². The molecule has 1 N–H and O–H groups in total. The van der Waals surface area contributed by atoms with E-state index in [4.69, 9.17) is 11.6 Å². The molecule has 0 atom stereocenters. The van der Waals surface area contributed by atoms with E-state index in [0.717, 1.165) is 22.4 Å². The van der Waals surface area contributed by atoms with E-state index in [2.05, 4.69) is 10.3 Å². The topological polar surface area (TPSA) is 42.0 Å². The van der Waals surface area contributed by atoms with Gasteiger partial charge >= 0.3 is 0 Å². The Morgan fingerprint density at radius 2 is 1.76 bits per heavy atom. The number of hydrogen-bond donors (Lipinski definition) is 1. The molecule has 0 aliphatic rings. The zero-order valence-corrected chi connectivity index (χ0v) is 14.5. The molecular formula is C21H17ClN2O. The summed E-state index contributed by atoms with van der Waals surface area (Å²) in [7, 11) is 0. The van der Waals surface area contributed by atoms with Crippen LogP contribution in [0, 0.1) is 6.92 Å². The van der Waals surface area contributed by atoms with Gasteiger partial charge in [-0.3, -0.25) is 9.78 Å². The average molecular weight is 349 g/mol. The zero-order chi connectivity index (χ0) is 17.6. The summed E-state index contributed by atoms with van der Waals surface area (Å²) in [5.74, 6) is -0.183. The van der Waals surface area contributed by atoms with Crippen molar-refractivity contribution in [2.45, 2.75) is 6.92 Å². The quantitative estimate of drug-likeness (QED) is 0.679. The van der Waals surface area contributed by atoms with Gasteiger partial charge in [-0.05, 0) is 60.0 Å². The van der Waals surface area contributed by atoms with Crippen LogP contribution in [-0.2, 0) is 0 Å². The van der Waals surface area contributed by atoms with E-state index >= 15 is 0 Å². The van der Waals surface area contributed by atoms with Crippen molar-refractivity contribution in [3.05, 3.63) is 94.3 Å². The van der Waals surface area contributed by atoms with E-state index in [1.807, 2.05) is 61.5 Å². The molecule has 124 valence electrons. The number of rotatable bonds is 4. The van der Waals surface area contributed by atoms with Crippen LogP contribution in [0.1, 0.15) is 27.0 Å². The maximum absolute atomic E-state index is 12.4. The van der Waals surface area contributed by atoms with Crippen molar-refractivity contribution in [3.8, 4) is 0 Å². The number of anilines is 1. The lowest BCUT2D eigenvalue weighted by atomic mass is 10.1. The van der Waals surface area contributed by atoms with Crippen molar-refractivity contribution in [1.82, 2.24) is 4.98 Å². The molecule has 4 heteroatoms. The maximum Gasteiger partial charge on any atom is 0.255 e. The fourth-order valence-corrected chi connectivity index (χ4v) is 2.51. The van der Waals surface area contributed by atoms with Gasteiger partial charge in [0, 0.05) is 28.7 Å². The summed E-state index contributed by atoms with van der Waals surface area (Å²) < 4.78 is 0. The molecule has 1 heterocycles. The van der Waals surface area contributed by atoms with Crippen LogP contribution in [0.2, 0.25) is 5.02 Å². The number of aromatic nitrogens is 1. The molecule has 0 aliphatic carbocycles. The molecule has 3 rings (SSSR count). The van der Waals surface area contributed by atoms with Crippen molar-refractivity contribution < 1.29 is 4.79 Å². The Morgan fingerprint density at radius 3 is 2.52 bits per heavy atom. The third-order valence-electron chi connectivity index (χ3n) is 3.75. The summed E-state index contributed by atoms with van der Waals surface area (Å²) in [5, 5.41) is 3.49. The van der Waals surface area contributed by atoms with Gasteiger partial charge in [0.25, 0.3) is 5.91 Å². The number of pyridine rings is 1. The summed E-state index contributed by atoms with van der Waals surface area (Å²) >= 11 is 6.09. The zero-order valence-electron chi connectivity index (χ0n) is 13.7. The molecule has 0 spiro atoms. The van der Waals surface area contributed by atoms with Crippen LogP contribution in [0.3, 0.4) is 0 Å². The Balaban J connectivity index is 1.74. The lowest BCUT2D eigenvalue weighted by Gasteiger charge is -2.07. The first kappa shape index (κ1) is 16.9. The summed E-state index contributed by atoms with van der Waals surface area (Å²) in [5.41, 5.74) is 4.28. The average Bonchev–Trinajstić information content (AvgIpc) is 2.63. The number of hydrogen-bond acceptors (Lipinski definition) is 2. The van der Waals surface area contributed by atoms with Crippen molar-refractivity contribution in [2.75, 3.05) is 5.32 Å². The number of benzene rings is 2. The van der Waals surface area contributed by atoms with Gasteiger partial charge in [-0.1, -0.05) is 42.0 Å². The smallest absolute Gasteiger partial charge is 0.255 e. The Hall–Kier alpha value is -2.91. The molecule has 0 fully saturated rings. The fourth-order valence-electron chi connectivity index (χ4n) is 2.32. The summed E-state index contributed by atoms with van der Waals surface area (Å²) in [6.45, 7) is 1.91. The molecule has 0 radical (unpaired) electrons. The Morgan fingerprint density at radius 1 is 1.00 bits per heavy atom. The molecular weight excluding hydrogens is 332 g/mol. The van der Waals surface area contributed by atoms with Crippen LogP contribution in [0.25, 0.3) is 12.2 Å². The minimum atomic E-state index is -0.183. The standard InChI is InChI=1S/C21H17ClN2O/c1-15-5-8-18(14-20(15)22)21(25)24-19-4-2-3-17(13-19)7-6-16-9-11-23-12-10-16/h2-14H,1H3,(H,24,25)/b7-6+. The van der Waals surface area contributed by atoms with E-state index in [0.29, 0.717) is 10.6 Å². The van der Waals surface area contributed by atoms with Crippen molar-refractivity contribution >= 4 is 35.3 Å². The van der Waals surface area contributed by atoms with Crippen LogP contribution in [0.4, 0.5) is 5.69 Å². The summed E-state index contributed by atoms with van der Waals surface area (Å²) in [4.78, 5) is 16.4. The molecule has 1 aromatic heterocycles. The van der Waals surface area contributed by atoms with Crippen LogP contribution in [0.15, 0.2) is 67.0 Å². The van der Waals surface area contributed by atoms with Gasteiger partial charge < -0.3 is 5.32 Å². The molecule has 0 unspecified atom stereocenters. The van der Waals surface area contributed by atoms with Gasteiger partial charge in [0.05, 0.1) is 0 Å². The monoisotopic (exact) mass is 348 g/mol. The summed E-state index contributed by atoms with van der Waals surface area (Å²) in [6, 6.07) is 16.8. The van der Waals surface area contributed by atoms with Crippen molar-refractivity contribution in [3.63, 3.8) is 0 Å². The van der Waals surface area contributed by atoms with Gasteiger partial charge in [-0.2, -0.15) is 0 Å². The number of halogens is 1. The first-order valence-electron chi connectivity index (χ1n) is 7.87. The number of nitrogens with one attached hydrogen (secondary N) is 1. The minimum Gasteiger partial charge on any atom is -0.322 e. The third-order valence-corrected chi connectivity index (χ3v) is 4.16. The molecule has 3 aromatic rings. The van der Waals surface area contributed by atoms with Gasteiger partial charge in [-0.15, -0.1) is 0 Å². The predicted molar refractivity (Wildman–Crippen MR) is 104 cm³/mol. The molecule has 0 saturated heterocycles. The first-order valence-corrected chi connectivity index (χ1v) is 8.25. The highest BCUT2D eigenvalue weighted by molar-refractivity contribution is 6.31. The highest BCUT2D eigenvalue weighted by atomic mass is 35.5. The van der Waals surface area contributed by atoms with Crippen LogP contribution >= 0.6 is 11.6 Å². The fraction of sp³-hybridized carbons (Fsp3) is 0.0476. The van der Waals surface area contributed by atoms with E-state index in [1.165, 1.54) is 0 Å². The second-order valence-electron chi connectivity index (χ2n) is 5.66. The number of amides is 1. The van der Waals surface area contributed by atoms with Crippen LogP contribution in [0.5, 0.6) is 0 Å². The lowest BCUT2D eigenvalue weighted by Crippen LogP contribution is -2.11. The number of carbonyl (C=O) groups excluding carboxylic acids is 1. The number of carbonyl (C=O) groups is 1. The molecule has 0 aliphatic heterocycles. The molecule has 0 bridgehead atoms. The number of nitrogens with zero attached hydrogens (tertiary/aromatic N) is 1. The van der Waals surface area contributed by atoms with Gasteiger partial charge in [0.2, 0.25) is 0 Å². The van der Waals surface area contributed by atoms with Crippen molar-refractivity contribution in [1.29, 1.82) is 0 Å². The predicted octanol–water partition coefficient (Wildman–Crippen LogP) is 5.47. The summed E-state index contributed by atoms with van der Waals surface area (Å²) in [6.07, 6.45) is 7.50. The third kappa shape index (κ3) is 4.55. The van der Waals surface area contributed by atoms with Gasteiger partial charge in [-0.25, -0.2) is 0 Å². The Labute approximate surface area is 152 Å². The molecule has 1 amide bonds. The first-order chi connectivity index (χ1) is 12.1. The van der Waals surface area contributed by atoms with E-state index in [9.17, 15) is 4.79 Å². The molecule has 25 heavy (non-hydrogen) atoms. The van der Waals surface area contributed by atoms with Crippen molar-refractivity contribution in [2.24, 2.45) is 0 Å². The second-order valence-corrected chi connectivity index (χ2v) is 6.06. The van der Waals surface area contributed by atoms with E-state index < -0.39 is 0 Å². The molecule has 3 nitrogen and oxygen atoms in total. The van der Waals surface area contributed by atoms with Gasteiger partial charge in [0.15, 0.2) is 0 Å². The van der Waals surface area contributed by atoms with Crippen LogP contribution < -0.4 is 5.32 Å². The highest BCUT2D eigenvalue weighted by Gasteiger charge is 2.08. The normalized spacial score (nSPS) is 10.8. The van der Waals surface area contributed by atoms with E-state index in [-0.39, 0.29) is 5.91 Å². The number of aryl methyl sites for hydroxylation is 1. The highest BCUT2D eigenvalue weighted by Crippen LogP contribution is 2.19. The second kappa shape index (κ2) is 7.77. The SMILES string of the molecule is Cc1ccc(C(=O)Nc2cccc(/C=C/c3ccncc3)c2)cc1Cl. The largest absolute Gasteiger partial charge is 0.322 e. The minimum absolute atomic E-state index is 0.183. The molecule has 2 aromatic carbocycles. The Kier molecular flexibility index (Phi) is 5.26. The Bertz CT molecular complexity index is 920. The molecule has 0 saturated carbocycles. The lowest BCUT2D eigenvalue weighted by molar-refractivity contribution is 0.102. The van der Waals surface area contributed by atoms with Gasteiger partial charge in [0.1, 0.15) is 0 Å².